The fourth-order valence-electron chi connectivity index (χ4n) is 10.2. The van der Waals surface area contributed by atoms with Gasteiger partial charge in [0.25, 0.3) is 0 Å². The van der Waals surface area contributed by atoms with E-state index < -0.39 is 23.0 Å². The number of aliphatic hydroxyl groups excluding tert-OH is 4. The van der Waals surface area contributed by atoms with Gasteiger partial charge in [-0.2, -0.15) is 0 Å². The third-order valence-corrected chi connectivity index (χ3v) is 12.8. The smallest absolute Gasteiger partial charge is 0.0922 e. The Bertz CT molecular complexity index is 919. The minimum absolute atomic E-state index is 0.0221. The molecule has 0 saturated heterocycles. The predicted molar refractivity (Wildman–Crippen MR) is 135 cm³/mol. The lowest BCUT2D eigenvalue weighted by Crippen LogP contribution is -2.66. The summed E-state index contributed by atoms with van der Waals surface area (Å²) in [5, 5.41) is 43.7. The number of hydrogen-bond donors (Lipinski definition) is 4. The summed E-state index contributed by atoms with van der Waals surface area (Å²) < 4.78 is 0. The van der Waals surface area contributed by atoms with E-state index in [0.717, 1.165) is 38.5 Å². The first-order valence-electron chi connectivity index (χ1n) is 13.7. The second-order valence-electron chi connectivity index (χ2n) is 14.8. The molecule has 5 rings (SSSR count). The van der Waals surface area contributed by atoms with E-state index in [-0.39, 0.29) is 40.3 Å². The van der Waals surface area contributed by atoms with E-state index in [2.05, 4.69) is 52.8 Å². The van der Waals surface area contributed by atoms with E-state index >= 15 is 0 Å². The molecular formula is C30H48O4. The number of allylic oxidation sites excluding steroid dienone is 3. The molecule has 4 heteroatoms. The van der Waals surface area contributed by atoms with Gasteiger partial charge in [-0.1, -0.05) is 72.3 Å². The fraction of sp³-hybridized carbons (Fsp3) is 0.867. The summed E-state index contributed by atoms with van der Waals surface area (Å²) in [5.41, 5.74) is 0.180. The van der Waals surface area contributed by atoms with Crippen LogP contribution in [-0.4, -0.2) is 45.3 Å². The first kappa shape index (κ1) is 25.0. The minimum Gasteiger partial charge on any atom is -0.395 e. The molecule has 0 aromatic rings. The van der Waals surface area contributed by atoms with E-state index in [1.165, 1.54) is 5.57 Å². The van der Waals surface area contributed by atoms with E-state index in [1.807, 2.05) is 13.8 Å². The van der Waals surface area contributed by atoms with Gasteiger partial charge in [0.05, 0.1) is 24.9 Å². The summed E-state index contributed by atoms with van der Waals surface area (Å²) in [6.45, 7) is 15.9. The standard InChI is InChI=1S/C30H48O4/c1-25(2)16-19-18-8-9-21-27(5)12-11-22(32)26(3,4)20(27)10-13-29(21,7)28(18,6)14-15-30(19,17-31)24(34)23(25)33/h8,14-15,19-24,31-34H,9-13,16-17H2,1-7H3. The Morgan fingerprint density at radius 3 is 2.18 bits per heavy atom. The maximum absolute atomic E-state index is 11.3. The van der Waals surface area contributed by atoms with Crippen LogP contribution in [-0.2, 0) is 0 Å². The van der Waals surface area contributed by atoms with Crippen molar-refractivity contribution in [2.75, 3.05) is 6.61 Å². The lowest BCUT2D eigenvalue weighted by atomic mass is 9.34. The first-order chi connectivity index (χ1) is 15.6. The van der Waals surface area contributed by atoms with Gasteiger partial charge in [-0.05, 0) is 77.9 Å². The van der Waals surface area contributed by atoms with Gasteiger partial charge in [0, 0.05) is 10.8 Å². The fourth-order valence-corrected chi connectivity index (χ4v) is 10.2. The highest BCUT2D eigenvalue weighted by molar-refractivity contribution is 5.42. The molecule has 0 aliphatic heterocycles. The van der Waals surface area contributed by atoms with E-state index in [0.29, 0.717) is 11.8 Å². The first-order valence-corrected chi connectivity index (χ1v) is 13.7. The topological polar surface area (TPSA) is 80.9 Å². The number of aliphatic hydroxyl groups is 4. The lowest BCUT2D eigenvalue weighted by molar-refractivity contribution is -0.199. The van der Waals surface area contributed by atoms with Crippen molar-refractivity contribution in [1.29, 1.82) is 0 Å². The molecule has 4 nitrogen and oxygen atoms in total. The summed E-state index contributed by atoms with van der Waals surface area (Å²) in [5.74, 6) is 1.06. The monoisotopic (exact) mass is 472 g/mol. The molecule has 0 heterocycles. The largest absolute Gasteiger partial charge is 0.395 e. The van der Waals surface area contributed by atoms with Crippen LogP contribution in [0, 0.1) is 50.2 Å². The number of fused-ring (bicyclic) bond motifs is 7. The average molecular weight is 473 g/mol. The third-order valence-electron chi connectivity index (χ3n) is 12.8. The number of hydrogen-bond acceptors (Lipinski definition) is 4. The van der Waals surface area contributed by atoms with Gasteiger partial charge >= 0.3 is 0 Å². The van der Waals surface area contributed by atoms with Gasteiger partial charge in [-0.25, -0.2) is 0 Å². The predicted octanol–water partition coefficient (Wildman–Crippen LogP) is 4.86. The quantitative estimate of drug-likeness (QED) is 0.411. The normalized spacial score (nSPS) is 55.3. The SMILES string of the molecule is CC1(C)CC2C3=CCC4C5(C)CCC(O)C(C)(C)C5CCC4(C)C3(C)C=CC2(CO)C(O)C1O. The molecule has 0 radical (unpaired) electrons. The van der Waals surface area contributed by atoms with Crippen LogP contribution in [0.25, 0.3) is 0 Å². The van der Waals surface area contributed by atoms with Gasteiger partial charge < -0.3 is 20.4 Å². The van der Waals surface area contributed by atoms with Crippen molar-refractivity contribution in [1.82, 2.24) is 0 Å². The van der Waals surface area contributed by atoms with Gasteiger partial charge in [0.1, 0.15) is 0 Å². The molecule has 0 aromatic carbocycles. The summed E-state index contributed by atoms with van der Waals surface area (Å²) in [4.78, 5) is 0. The van der Waals surface area contributed by atoms with Gasteiger partial charge in [0.15, 0.2) is 0 Å². The van der Waals surface area contributed by atoms with Crippen LogP contribution in [0.15, 0.2) is 23.8 Å². The molecule has 192 valence electrons. The molecule has 3 saturated carbocycles. The van der Waals surface area contributed by atoms with Gasteiger partial charge in [-0.15, -0.1) is 0 Å². The zero-order valence-corrected chi connectivity index (χ0v) is 22.4. The molecule has 3 fully saturated rings. The summed E-state index contributed by atoms with van der Waals surface area (Å²) in [6, 6.07) is 0. The molecule has 4 N–H and O–H groups in total. The highest BCUT2D eigenvalue weighted by atomic mass is 16.3. The molecule has 5 aliphatic carbocycles. The number of rotatable bonds is 1. The van der Waals surface area contributed by atoms with Crippen LogP contribution in [0.4, 0.5) is 0 Å². The van der Waals surface area contributed by atoms with Crippen molar-refractivity contribution in [3.63, 3.8) is 0 Å². The molecule has 5 aliphatic rings. The molecule has 0 aromatic heterocycles. The molecule has 0 spiro atoms. The van der Waals surface area contributed by atoms with Crippen molar-refractivity contribution in [3.8, 4) is 0 Å². The average Bonchev–Trinajstić information content (AvgIpc) is 2.76. The lowest BCUT2D eigenvalue weighted by Gasteiger charge is -2.70. The van der Waals surface area contributed by atoms with Crippen LogP contribution in [0.5, 0.6) is 0 Å². The second-order valence-corrected chi connectivity index (χ2v) is 14.8. The zero-order valence-electron chi connectivity index (χ0n) is 22.4. The Hall–Kier alpha value is -0.680. The minimum atomic E-state index is -0.979. The Balaban J connectivity index is 1.62. The maximum Gasteiger partial charge on any atom is 0.0922 e. The van der Waals surface area contributed by atoms with Crippen LogP contribution < -0.4 is 0 Å². The van der Waals surface area contributed by atoms with Crippen LogP contribution in [0.1, 0.15) is 87.0 Å². The zero-order chi connectivity index (χ0) is 25.1. The molecule has 10 atom stereocenters. The molecule has 10 unspecified atom stereocenters. The van der Waals surface area contributed by atoms with Crippen molar-refractivity contribution in [2.45, 2.75) is 105 Å². The molecule has 0 bridgehead atoms. The Labute approximate surface area is 206 Å². The van der Waals surface area contributed by atoms with Crippen LogP contribution in [0.3, 0.4) is 0 Å². The Morgan fingerprint density at radius 1 is 0.853 bits per heavy atom. The summed E-state index contributed by atoms with van der Waals surface area (Å²) >= 11 is 0. The van der Waals surface area contributed by atoms with Gasteiger partial charge in [-0.3, -0.25) is 0 Å². The van der Waals surface area contributed by atoms with E-state index in [4.69, 9.17) is 0 Å². The van der Waals surface area contributed by atoms with Crippen molar-refractivity contribution < 1.29 is 20.4 Å². The Morgan fingerprint density at radius 2 is 1.53 bits per heavy atom. The van der Waals surface area contributed by atoms with Crippen LogP contribution >= 0.6 is 0 Å². The maximum atomic E-state index is 11.3. The highest BCUT2D eigenvalue weighted by Gasteiger charge is 2.68. The van der Waals surface area contributed by atoms with Gasteiger partial charge in [0.2, 0.25) is 0 Å². The van der Waals surface area contributed by atoms with Crippen LogP contribution in [0.2, 0.25) is 0 Å². The Kier molecular flexibility index (Phi) is 5.30. The second kappa shape index (κ2) is 7.21. The third kappa shape index (κ3) is 2.75. The van der Waals surface area contributed by atoms with E-state index in [9.17, 15) is 20.4 Å². The molecular weight excluding hydrogens is 424 g/mol. The van der Waals surface area contributed by atoms with Crippen molar-refractivity contribution >= 4 is 0 Å². The summed E-state index contributed by atoms with van der Waals surface area (Å²) in [7, 11) is 0. The van der Waals surface area contributed by atoms with Crippen molar-refractivity contribution in [2.24, 2.45) is 50.2 Å². The molecule has 0 amide bonds. The van der Waals surface area contributed by atoms with Crippen molar-refractivity contribution in [3.05, 3.63) is 23.8 Å². The van der Waals surface area contributed by atoms with E-state index in [1.54, 1.807) is 0 Å². The summed E-state index contributed by atoms with van der Waals surface area (Å²) in [6.07, 6.45) is 10.8. The highest BCUT2D eigenvalue weighted by Crippen LogP contribution is 2.74. The molecule has 34 heavy (non-hydrogen) atoms.